The number of halogens is 1. The minimum atomic E-state index is -4.01. The second-order valence-corrected chi connectivity index (χ2v) is 8.94. The number of benzene rings is 1. The number of ether oxygens (including phenoxy) is 1. The van der Waals surface area contributed by atoms with Gasteiger partial charge in [-0.1, -0.05) is 17.3 Å². The predicted molar refractivity (Wildman–Crippen MR) is 105 cm³/mol. The smallest absolute Gasteiger partial charge is 0.265 e. The fourth-order valence-corrected chi connectivity index (χ4v) is 5.12. The molecule has 1 N–H and O–H groups in total. The van der Waals surface area contributed by atoms with Gasteiger partial charge >= 0.3 is 0 Å². The van der Waals surface area contributed by atoms with Crippen molar-refractivity contribution >= 4 is 49.0 Å². The number of ketones is 1. The van der Waals surface area contributed by atoms with Gasteiger partial charge in [-0.3, -0.25) is 4.79 Å². The highest BCUT2D eigenvalue weighted by molar-refractivity contribution is 9.10. The van der Waals surface area contributed by atoms with E-state index in [9.17, 15) is 13.2 Å². The Morgan fingerprint density at radius 1 is 1.37 bits per heavy atom. The molecule has 2 aromatic heterocycles. The van der Waals surface area contributed by atoms with Crippen LogP contribution in [0, 0.1) is 6.92 Å². The van der Waals surface area contributed by atoms with Gasteiger partial charge in [-0.05, 0) is 52.0 Å². The summed E-state index contributed by atoms with van der Waals surface area (Å²) >= 11 is 4.29. The predicted octanol–water partition coefficient (Wildman–Crippen LogP) is 4.04. The summed E-state index contributed by atoms with van der Waals surface area (Å²) in [6, 6.07) is 8.47. The molecule has 0 fully saturated rings. The highest BCUT2D eigenvalue weighted by atomic mass is 79.9. The number of methoxy groups -OCH3 is 1. The molecule has 0 amide bonds. The van der Waals surface area contributed by atoms with Crippen LogP contribution in [-0.4, -0.2) is 26.5 Å². The molecule has 0 saturated heterocycles. The fourth-order valence-electron chi connectivity index (χ4n) is 2.36. The number of aryl methyl sites for hydroxylation is 1. The first kappa shape index (κ1) is 19.6. The number of carbonyl (C=O) groups is 1. The standard InChI is InChI=1S/C17H15BrN2O5S2/c1-10-15(18)17(25-19-10)20-27(22,23)14-6-7-26-16(14)13(21)9-11-4-3-5-12(8-11)24-2/h3-8,20H,9H2,1-2H3. The molecule has 0 saturated carbocycles. The third-order valence-electron chi connectivity index (χ3n) is 3.69. The number of anilines is 1. The molecule has 0 spiro atoms. The maximum absolute atomic E-state index is 12.7. The van der Waals surface area contributed by atoms with Gasteiger partial charge in [-0.15, -0.1) is 11.3 Å². The fraction of sp³-hybridized carbons (Fsp3) is 0.176. The number of rotatable bonds is 7. The van der Waals surface area contributed by atoms with E-state index in [0.29, 0.717) is 15.9 Å². The third kappa shape index (κ3) is 4.23. The summed E-state index contributed by atoms with van der Waals surface area (Å²) in [5.41, 5.74) is 1.24. The van der Waals surface area contributed by atoms with E-state index in [1.54, 1.807) is 43.7 Å². The van der Waals surface area contributed by atoms with Gasteiger partial charge in [-0.2, -0.15) is 0 Å². The maximum atomic E-state index is 12.7. The molecular formula is C17H15BrN2O5S2. The number of aromatic nitrogens is 1. The molecule has 0 radical (unpaired) electrons. The Morgan fingerprint density at radius 3 is 2.81 bits per heavy atom. The van der Waals surface area contributed by atoms with Gasteiger partial charge in [0.2, 0.25) is 0 Å². The number of sulfonamides is 1. The van der Waals surface area contributed by atoms with Crippen LogP contribution in [0.3, 0.4) is 0 Å². The second-order valence-electron chi connectivity index (χ2n) is 5.58. The number of nitrogens with zero attached hydrogens (tertiary/aromatic N) is 1. The zero-order valence-electron chi connectivity index (χ0n) is 14.4. The molecule has 0 aliphatic rings. The third-order valence-corrected chi connectivity index (χ3v) is 7.08. The zero-order valence-corrected chi connectivity index (χ0v) is 17.6. The van der Waals surface area contributed by atoms with Crippen LogP contribution >= 0.6 is 27.3 Å². The lowest BCUT2D eigenvalue weighted by Gasteiger charge is -2.07. The quantitative estimate of drug-likeness (QED) is 0.523. The van der Waals surface area contributed by atoms with E-state index >= 15 is 0 Å². The molecule has 0 atom stereocenters. The summed E-state index contributed by atoms with van der Waals surface area (Å²) in [5, 5.41) is 5.25. The summed E-state index contributed by atoms with van der Waals surface area (Å²) < 4.78 is 38.3. The van der Waals surface area contributed by atoms with Crippen LogP contribution in [-0.2, 0) is 16.4 Å². The number of thiophene rings is 1. The van der Waals surface area contributed by atoms with Gasteiger partial charge in [0.05, 0.1) is 17.7 Å². The molecular weight excluding hydrogens is 456 g/mol. The topological polar surface area (TPSA) is 98.5 Å². The molecule has 10 heteroatoms. The van der Waals surface area contributed by atoms with E-state index in [0.717, 1.165) is 16.9 Å². The number of nitrogens with one attached hydrogen (secondary N) is 1. The van der Waals surface area contributed by atoms with Crippen LogP contribution in [0.4, 0.5) is 5.88 Å². The van der Waals surface area contributed by atoms with Crippen molar-refractivity contribution in [3.05, 3.63) is 56.3 Å². The van der Waals surface area contributed by atoms with Crippen molar-refractivity contribution in [1.82, 2.24) is 5.16 Å². The molecule has 0 unspecified atom stereocenters. The molecule has 7 nitrogen and oxygen atoms in total. The molecule has 0 aliphatic heterocycles. The van der Waals surface area contributed by atoms with E-state index in [1.807, 2.05) is 0 Å². The lowest BCUT2D eigenvalue weighted by atomic mass is 10.1. The molecule has 1 aromatic carbocycles. The van der Waals surface area contributed by atoms with Crippen molar-refractivity contribution in [3.8, 4) is 5.75 Å². The van der Waals surface area contributed by atoms with E-state index in [1.165, 1.54) is 6.07 Å². The first-order valence-corrected chi connectivity index (χ1v) is 10.9. The SMILES string of the molecule is COc1cccc(CC(=O)c2sccc2S(=O)(=O)Nc2onc(C)c2Br)c1. The minimum Gasteiger partial charge on any atom is -0.497 e. The van der Waals surface area contributed by atoms with Gasteiger partial charge in [0, 0.05) is 6.42 Å². The second kappa shape index (κ2) is 7.83. The van der Waals surface area contributed by atoms with Gasteiger partial charge in [0.1, 0.15) is 15.1 Å². The highest BCUT2D eigenvalue weighted by Crippen LogP contribution is 2.30. The number of Topliss-reactive ketones (excluding diaryl/α,β-unsaturated/α-hetero) is 1. The van der Waals surface area contributed by atoms with Crippen molar-refractivity contribution < 1.29 is 22.5 Å². The Hall–Kier alpha value is -2.17. The lowest BCUT2D eigenvalue weighted by Crippen LogP contribution is -2.16. The van der Waals surface area contributed by atoms with Gasteiger partial charge in [-0.25, -0.2) is 13.1 Å². The molecule has 0 aliphatic carbocycles. The summed E-state index contributed by atoms with van der Waals surface area (Å²) in [4.78, 5) is 12.8. The van der Waals surface area contributed by atoms with Crippen LogP contribution in [0.15, 0.2) is 49.6 Å². The maximum Gasteiger partial charge on any atom is 0.265 e. The number of hydrogen-bond acceptors (Lipinski definition) is 7. The summed E-state index contributed by atoms with van der Waals surface area (Å²) in [6.45, 7) is 1.67. The van der Waals surface area contributed by atoms with Crippen LogP contribution in [0.5, 0.6) is 5.75 Å². The number of carbonyl (C=O) groups excluding carboxylic acids is 1. The summed E-state index contributed by atoms with van der Waals surface area (Å²) in [5.74, 6) is 0.294. The van der Waals surface area contributed by atoms with Crippen molar-refractivity contribution in [2.24, 2.45) is 0 Å². The van der Waals surface area contributed by atoms with Crippen molar-refractivity contribution in [1.29, 1.82) is 0 Å². The number of hydrogen-bond donors (Lipinski definition) is 1. The molecule has 3 aromatic rings. The van der Waals surface area contributed by atoms with Crippen molar-refractivity contribution in [3.63, 3.8) is 0 Å². The largest absolute Gasteiger partial charge is 0.497 e. The Labute approximate surface area is 168 Å². The first-order valence-electron chi connectivity index (χ1n) is 7.70. The Balaban J connectivity index is 1.86. The average molecular weight is 471 g/mol. The minimum absolute atomic E-state index is 0.0371. The Kier molecular flexibility index (Phi) is 5.68. The normalized spacial score (nSPS) is 11.4. The van der Waals surface area contributed by atoms with Crippen LogP contribution in [0.2, 0.25) is 0 Å². The van der Waals surface area contributed by atoms with Crippen LogP contribution < -0.4 is 9.46 Å². The molecule has 0 bridgehead atoms. The van der Waals surface area contributed by atoms with Crippen LogP contribution in [0.25, 0.3) is 0 Å². The van der Waals surface area contributed by atoms with Gasteiger partial charge < -0.3 is 9.26 Å². The summed E-state index contributed by atoms with van der Waals surface area (Å²) in [6.07, 6.45) is 0.0609. The van der Waals surface area contributed by atoms with Gasteiger partial charge in [0.15, 0.2) is 5.78 Å². The molecule has 2 heterocycles. The van der Waals surface area contributed by atoms with Gasteiger partial charge in [0.25, 0.3) is 15.9 Å². The first-order chi connectivity index (χ1) is 12.8. The summed E-state index contributed by atoms with van der Waals surface area (Å²) in [7, 11) is -2.47. The molecule has 27 heavy (non-hydrogen) atoms. The lowest BCUT2D eigenvalue weighted by molar-refractivity contribution is 0.0994. The van der Waals surface area contributed by atoms with E-state index in [-0.39, 0.29) is 27.9 Å². The molecule has 142 valence electrons. The Bertz CT molecular complexity index is 1090. The highest BCUT2D eigenvalue weighted by Gasteiger charge is 2.26. The van der Waals surface area contributed by atoms with E-state index in [4.69, 9.17) is 9.26 Å². The molecule has 3 rings (SSSR count). The zero-order chi connectivity index (χ0) is 19.6. The van der Waals surface area contributed by atoms with Crippen LogP contribution in [0.1, 0.15) is 20.9 Å². The van der Waals surface area contributed by atoms with Crippen molar-refractivity contribution in [2.75, 3.05) is 11.8 Å². The van der Waals surface area contributed by atoms with Crippen molar-refractivity contribution in [2.45, 2.75) is 18.2 Å². The van der Waals surface area contributed by atoms with E-state index in [2.05, 4.69) is 25.8 Å². The Morgan fingerprint density at radius 2 is 2.15 bits per heavy atom. The van der Waals surface area contributed by atoms with E-state index < -0.39 is 10.0 Å². The average Bonchev–Trinajstić information content (AvgIpc) is 3.25. The monoisotopic (exact) mass is 470 g/mol.